The van der Waals surface area contributed by atoms with Crippen LogP contribution in [-0.4, -0.2) is 12.6 Å². The summed E-state index contributed by atoms with van der Waals surface area (Å²) in [6.45, 7) is 12.6. The molecule has 0 saturated heterocycles. The van der Waals surface area contributed by atoms with Crippen LogP contribution in [0.5, 0.6) is 0 Å². The summed E-state index contributed by atoms with van der Waals surface area (Å²) in [5.41, 5.74) is 0. The quantitative estimate of drug-likeness (QED) is 0.240. The van der Waals surface area contributed by atoms with Crippen LogP contribution in [0.1, 0.15) is 91.9 Å². The molecule has 0 aliphatic carbocycles. The summed E-state index contributed by atoms with van der Waals surface area (Å²) < 4.78 is 4.58. The maximum Gasteiger partial charge on any atom is 0.330 e. The largest absolute Gasteiger partial charge is 0.463 e. The molecule has 126 valence electrons. The van der Waals surface area contributed by atoms with E-state index >= 15 is 0 Å². The van der Waals surface area contributed by atoms with Gasteiger partial charge in [-0.2, -0.15) is 0 Å². The van der Waals surface area contributed by atoms with E-state index < -0.39 is 0 Å². The fourth-order valence-electron chi connectivity index (χ4n) is 1.95. The van der Waals surface area contributed by atoms with E-state index in [4.69, 9.17) is 0 Å². The lowest BCUT2D eigenvalue weighted by molar-refractivity contribution is -0.137. The van der Waals surface area contributed by atoms with Crippen LogP contribution < -0.4 is 0 Å². The van der Waals surface area contributed by atoms with Crippen molar-refractivity contribution in [1.82, 2.24) is 0 Å². The number of unbranched alkanes of at least 4 members (excludes halogenated alkanes) is 7. The lowest BCUT2D eigenvalue weighted by atomic mass is 10.0. The molecule has 0 bridgehead atoms. The first-order valence-electron chi connectivity index (χ1n) is 8.87. The number of rotatable bonds is 12. The van der Waals surface area contributed by atoms with Crippen LogP contribution in [-0.2, 0) is 9.53 Å². The molecule has 0 fully saturated rings. The number of hydrogen-bond acceptors (Lipinski definition) is 2. The second-order valence-electron chi connectivity index (χ2n) is 6.03. The Bertz CT molecular complexity index is 222. The molecule has 0 unspecified atom stereocenters. The van der Waals surface area contributed by atoms with Gasteiger partial charge < -0.3 is 4.74 Å². The zero-order chi connectivity index (χ0) is 16.3. The van der Waals surface area contributed by atoms with Crippen molar-refractivity contribution in [3.05, 3.63) is 12.7 Å². The predicted octanol–water partition coefficient (Wildman–Crippen LogP) is 6.30. The van der Waals surface area contributed by atoms with Gasteiger partial charge in [0.2, 0.25) is 0 Å². The van der Waals surface area contributed by atoms with Crippen molar-refractivity contribution >= 4 is 5.97 Å². The summed E-state index contributed by atoms with van der Waals surface area (Å²) in [6.07, 6.45) is 15.0. The summed E-state index contributed by atoms with van der Waals surface area (Å²) in [5.74, 6) is 0.562. The van der Waals surface area contributed by atoms with E-state index in [0.717, 1.165) is 18.4 Å². The molecule has 0 rings (SSSR count). The molecule has 0 aromatic carbocycles. The topological polar surface area (TPSA) is 26.3 Å². The molecule has 0 aliphatic heterocycles. The van der Waals surface area contributed by atoms with Crippen LogP contribution in [0.2, 0.25) is 0 Å². The van der Waals surface area contributed by atoms with Crippen molar-refractivity contribution in [2.75, 3.05) is 6.61 Å². The zero-order valence-corrected chi connectivity index (χ0v) is 15.0. The fourth-order valence-corrected chi connectivity index (χ4v) is 1.95. The van der Waals surface area contributed by atoms with Gasteiger partial charge in [-0.3, -0.25) is 0 Å². The highest BCUT2D eigenvalue weighted by Crippen LogP contribution is 2.12. The summed E-state index contributed by atoms with van der Waals surface area (Å²) in [4.78, 5) is 10.2. The average Bonchev–Trinajstić information content (AvgIpc) is 2.47. The molecule has 0 N–H and O–H groups in total. The van der Waals surface area contributed by atoms with Gasteiger partial charge in [0.15, 0.2) is 0 Å². The highest BCUT2D eigenvalue weighted by molar-refractivity contribution is 5.81. The van der Waals surface area contributed by atoms with Crippen LogP contribution in [0, 0.1) is 5.92 Å². The third-order valence-electron chi connectivity index (χ3n) is 3.25. The molecular weight excluding hydrogens is 260 g/mol. The van der Waals surface area contributed by atoms with E-state index in [0.29, 0.717) is 6.61 Å². The Morgan fingerprint density at radius 1 is 0.952 bits per heavy atom. The van der Waals surface area contributed by atoms with Crippen LogP contribution in [0.15, 0.2) is 12.7 Å². The van der Waals surface area contributed by atoms with Crippen molar-refractivity contribution in [2.24, 2.45) is 5.92 Å². The van der Waals surface area contributed by atoms with E-state index in [1.165, 1.54) is 57.8 Å². The molecule has 0 aromatic heterocycles. The van der Waals surface area contributed by atoms with E-state index in [1.54, 1.807) is 0 Å². The molecule has 0 atom stereocenters. The van der Waals surface area contributed by atoms with Gasteiger partial charge in [0.05, 0.1) is 6.61 Å². The Labute approximate surface area is 133 Å². The Morgan fingerprint density at radius 2 is 1.48 bits per heavy atom. The van der Waals surface area contributed by atoms with Crippen LogP contribution in [0.3, 0.4) is 0 Å². The minimum atomic E-state index is -0.341. The Balaban J connectivity index is 0. The van der Waals surface area contributed by atoms with Gasteiger partial charge in [0.1, 0.15) is 0 Å². The molecular formula is C19H38O2. The second-order valence-corrected chi connectivity index (χ2v) is 6.03. The summed E-state index contributed by atoms with van der Waals surface area (Å²) >= 11 is 0. The molecule has 21 heavy (non-hydrogen) atoms. The number of hydrogen-bond donors (Lipinski definition) is 0. The van der Waals surface area contributed by atoms with E-state index in [1.807, 2.05) is 6.92 Å². The van der Waals surface area contributed by atoms with Gasteiger partial charge in [-0.1, -0.05) is 92.1 Å². The molecule has 0 saturated carbocycles. The molecule has 0 heterocycles. The normalized spacial score (nSPS) is 9.95. The molecule has 2 heteroatoms. The van der Waals surface area contributed by atoms with Crippen LogP contribution in [0.4, 0.5) is 0 Å². The summed E-state index contributed by atoms with van der Waals surface area (Å²) in [5, 5.41) is 0. The molecule has 0 aromatic rings. The molecule has 0 radical (unpaired) electrons. The maximum absolute atomic E-state index is 10.2. The highest BCUT2D eigenvalue weighted by Gasteiger charge is 1.94. The van der Waals surface area contributed by atoms with Crippen molar-refractivity contribution in [3.8, 4) is 0 Å². The van der Waals surface area contributed by atoms with Gasteiger partial charge in [-0.25, -0.2) is 4.79 Å². The smallest absolute Gasteiger partial charge is 0.330 e. The van der Waals surface area contributed by atoms with Gasteiger partial charge in [-0.05, 0) is 12.3 Å². The molecule has 2 nitrogen and oxygen atoms in total. The van der Waals surface area contributed by atoms with E-state index in [2.05, 4.69) is 32.1 Å². The zero-order valence-electron chi connectivity index (χ0n) is 15.0. The maximum atomic E-state index is 10.2. The van der Waals surface area contributed by atoms with Gasteiger partial charge in [0.25, 0.3) is 0 Å². The highest BCUT2D eigenvalue weighted by atomic mass is 16.5. The second kappa shape index (κ2) is 19.2. The fraction of sp³-hybridized carbons (Fsp3) is 0.842. The number of carbonyl (C=O) groups is 1. The van der Waals surface area contributed by atoms with Gasteiger partial charge in [0, 0.05) is 6.08 Å². The predicted molar refractivity (Wildman–Crippen MR) is 93.5 cm³/mol. The minimum absolute atomic E-state index is 0.341. The van der Waals surface area contributed by atoms with Crippen molar-refractivity contribution in [1.29, 1.82) is 0 Å². The molecule has 0 amide bonds. The lowest BCUT2D eigenvalue weighted by Gasteiger charge is -2.03. The first-order valence-corrected chi connectivity index (χ1v) is 8.87. The summed E-state index contributed by atoms with van der Waals surface area (Å²) in [6, 6.07) is 0. The van der Waals surface area contributed by atoms with Crippen molar-refractivity contribution < 1.29 is 9.53 Å². The summed E-state index contributed by atoms with van der Waals surface area (Å²) in [7, 11) is 0. The lowest BCUT2D eigenvalue weighted by Crippen LogP contribution is -1.99. The average molecular weight is 299 g/mol. The SMILES string of the molecule is C=CC(=O)OCCC.CCCCCCCCCCC(C)C. The third-order valence-corrected chi connectivity index (χ3v) is 3.25. The van der Waals surface area contributed by atoms with Gasteiger partial charge in [-0.15, -0.1) is 0 Å². The van der Waals surface area contributed by atoms with Crippen molar-refractivity contribution in [3.63, 3.8) is 0 Å². The third kappa shape index (κ3) is 24.6. The monoisotopic (exact) mass is 298 g/mol. The van der Waals surface area contributed by atoms with Crippen LogP contribution >= 0.6 is 0 Å². The number of esters is 1. The minimum Gasteiger partial charge on any atom is -0.463 e. The first kappa shape index (κ1) is 22.5. The van der Waals surface area contributed by atoms with E-state index in [9.17, 15) is 4.79 Å². The van der Waals surface area contributed by atoms with E-state index in [-0.39, 0.29) is 5.97 Å². The first-order chi connectivity index (χ1) is 10.1. The van der Waals surface area contributed by atoms with Crippen molar-refractivity contribution in [2.45, 2.75) is 91.9 Å². The Kier molecular flexibility index (Phi) is 20.6. The molecule has 0 spiro atoms. The Hall–Kier alpha value is -0.790. The van der Waals surface area contributed by atoms with Gasteiger partial charge >= 0.3 is 5.97 Å². The van der Waals surface area contributed by atoms with Crippen LogP contribution in [0.25, 0.3) is 0 Å². The standard InChI is InChI=1S/C13H28.C6H10O2/c1-4-5-6-7-8-9-10-11-12-13(2)3;1-3-5-8-6(7)4-2/h13H,4-12H2,1-3H3;4H,2-3,5H2,1H3. The molecule has 0 aliphatic rings. The Morgan fingerprint density at radius 3 is 1.90 bits per heavy atom. The number of ether oxygens (including phenoxy) is 1. The number of carbonyl (C=O) groups excluding carboxylic acids is 1.